The number of nitrogen functional groups attached to an aromatic ring is 1. The van der Waals surface area contributed by atoms with E-state index in [1.165, 1.54) is 0 Å². The number of rotatable bonds is 2. The summed E-state index contributed by atoms with van der Waals surface area (Å²) in [5.74, 6) is 0.813. The van der Waals surface area contributed by atoms with Crippen molar-refractivity contribution < 1.29 is 0 Å². The third-order valence-electron chi connectivity index (χ3n) is 3.37. The van der Waals surface area contributed by atoms with Crippen LogP contribution in [0.2, 0.25) is 0 Å². The predicted octanol–water partition coefficient (Wildman–Crippen LogP) is 2.03. The maximum absolute atomic E-state index is 5.73. The van der Waals surface area contributed by atoms with Crippen LogP contribution in [0, 0.1) is 0 Å². The van der Waals surface area contributed by atoms with Crippen molar-refractivity contribution in [3.63, 3.8) is 0 Å². The molecule has 0 aliphatic carbocycles. The first-order valence-corrected chi connectivity index (χ1v) is 6.12. The van der Waals surface area contributed by atoms with Gasteiger partial charge in [-0.15, -0.1) is 10.2 Å². The Morgan fingerprint density at radius 3 is 2.53 bits per heavy atom. The first-order chi connectivity index (χ1) is 9.09. The topological polar surface area (TPSA) is 69.1 Å². The van der Waals surface area contributed by atoms with Crippen LogP contribution in [0.1, 0.15) is 25.2 Å². The number of nitrogens with two attached hydrogens (primary N) is 1. The van der Waals surface area contributed by atoms with Gasteiger partial charge in [-0.05, 0) is 43.7 Å². The van der Waals surface area contributed by atoms with E-state index in [0.717, 1.165) is 22.7 Å². The summed E-state index contributed by atoms with van der Waals surface area (Å²) in [6.07, 6.45) is 1.74. The zero-order valence-electron chi connectivity index (χ0n) is 10.9. The van der Waals surface area contributed by atoms with E-state index in [-0.39, 0.29) is 5.41 Å². The molecule has 2 N–H and O–H groups in total. The molecular weight excluding hydrogens is 238 g/mol. The summed E-state index contributed by atoms with van der Waals surface area (Å²) in [4.78, 5) is 0. The van der Waals surface area contributed by atoms with Gasteiger partial charge in [0, 0.05) is 11.9 Å². The van der Waals surface area contributed by atoms with Crippen molar-refractivity contribution in [2.75, 3.05) is 5.73 Å². The molecule has 0 atom stereocenters. The summed E-state index contributed by atoms with van der Waals surface area (Å²) in [6.45, 7) is 4.20. The molecule has 5 heteroatoms. The van der Waals surface area contributed by atoms with Crippen molar-refractivity contribution in [2.45, 2.75) is 19.3 Å². The van der Waals surface area contributed by atoms with Gasteiger partial charge in [-0.3, -0.25) is 0 Å². The van der Waals surface area contributed by atoms with E-state index in [0.29, 0.717) is 0 Å². The summed E-state index contributed by atoms with van der Waals surface area (Å²) in [5, 5.41) is 12.8. The molecule has 3 aromatic rings. The van der Waals surface area contributed by atoms with E-state index in [1.807, 2.05) is 36.4 Å². The Kier molecular flexibility index (Phi) is 2.48. The van der Waals surface area contributed by atoms with Crippen LogP contribution in [0.25, 0.3) is 5.65 Å². The van der Waals surface area contributed by atoms with Crippen molar-refractivity contribution in [2.24, 2.45) is 0 Å². The van der Waals surface area contributed by atoms with Gasteiger partial charge in [0.05, 0.1) is 5.41 Å². The summed E-state index contributed by atoms with van der Waals surface area (Å²) < 4.78 is 1.77. The minimum atomic E-state index is -0.290. The highest BCUT2D eigenvalue weighted by Gasteiger charge is 2.29. The van der Waals surface area contributed by atoms with Gasteiger partial charge in [-0.1, -0.05) is 12.1 Å². The lowest BCUT2D eigenvalue weighted by molar-refractivity contribution is 0.567. The number of aromatic nitrogens is 4. The first kappa shape index (κ1) is 11.6. The fourth-order valence-electron chi connectivity index (χ4n) is 2.16. The Bertz CT molecular complexity index is 712. The standard InChI is InChI=1S/C14H15N5/c1-14(2,10-5-7-11(15)8-6-10)13-18-17-12-4-3-9-16-19(12)13/h3-9H,15H2,1-2H3. The highest BCUT2D eigenvalue weighted by molar-refractivity contribution is 5.44. The molecule has 19 heavy (non-hydrogen) atoms. The van der Waals surface area contributed by atoms with Gasteiger partial charge in [0.1, 0.15) is 0 Å². The summed E-state index contributed by atoms with van der Waals surface area (Å²) >= 11 is 0. The minimum Gasteiger partial charge on any atom is -0.399 e. The molecule has 0 amide bonds. The van der Waals surface area contributed by atoms with Crippen LogP contribution in [0.4, 0.5) is 5.69 Å². The smallest absolute Gasteiger partial charge is 0.177 e. The van der Waals surface area contributed by atoms with E-state index in [4.69, 9.17) is 5.73 Å². The van der Waals surface area contributed by atoms with Gasteiger partial charge in [-0.2, -0.15) is 9.61 Å². The highest BCUT2D eigenvalue weighted by atomic mass is 15.4. The van der Waals surface area contributed by atoms with Crippen molar-refractivity contribution in [1.29, 1.82) is 0 Å². The molecule has 0 aliphatic rings. The van der Waals surface area contributed by atoms with Crippen molar-refractivity contribution in [3.8, 4) is 0 Å². The monoisotopic (exact) mass is 253 g/mol. The van der Waals surface area contributed by atoms with Crippen molar-refractivity contribution >= 4 is 11.3 Å². The SMILES string of the molecule is CC(C)(c1ccc(N)cc1)c1nnc2cccnn12. The van der Waals surface area contributed by atoms with E-state index in [9.17, 15) is 0 Å². The number of hydrogen-bond donors (Lipinski definition) is 1. The molecule has 96 valence electrons. The summed E-state index contributed by atoms with van der Waals surface area (Å²) in [7, 11) is 0. The van der Waals surface area contributed by atoms with Gasteiger partial charge in [0.25, 0.3) is 0 Å². The van der Waals surface area contributed by atoms with Gasteiger partial charge < -0.3 is 5.73 Å². The second-order valence-corrected chi connectivity index (χ2v) is 5.06. The molecule has 3 rings (SSSR count). The van der Waals surface area contributed by atoms with Crippen LogP contribution >= 0.6 is 0 Å². The Hall–Kier alpha value is -2.43. The molecule has 0 saturated carbocycles. The lowest BCUT2D eigenvalue weighted by Crippen LogP contribution is -2.23. The molecule has 0 fully saturated rings. The quantitative estimate of drug-likeness (QED) is 0.709. The molecule has 0 saturated heterocycles. The lowest BCUT2D eigenvalue weighted by Gasteiger charge is -2.22. The summed E-state index contributed by atoms with van der Waals surface area (Å²) in [6, 6.07) is 11.6. The average Bonchev–Trinajstić information content (AvgIpc) is 2.83. The zero-order chi connectivity index (χ0) is 13.5. The Labute approximate surface area is 111 Å². The molecule has 2 aromatic heterocycles. The number of anilines is 1. The molecule has 5 nitrogen and oxygen atoms in total. The van der Waals surface area contributed by atoms with E-state index < -0.39 is 0 Å². The lowest BCUT2D eigenvalue weighted by atomic mass is 9.84. The number of fused-ring (bicyclic) bond motifs is 1. The first-order valence-electron chi connectivity index (χ1n) is 6.12. The van der Waals surface area contributed by atoms with Crippen LogP contribution in [0.15, 0.2) is 42.6 Å². The molecular formula is C14H15N5. The molecule has 2 heterocycles. The number of hydrogen-bond acceptors (Lipinski definition) is 4. The fourth-order valence-corrected chi connectivity index (χ4v) is 2.16. The fraction of sp³-hybridized carbons (Fsp3) is 0.214. The van der Waals surface area contributed by atoms with Crippen molar-refractivity contribution in [1.82, 2.24) is 19.8 Å². The largest absolute Gasteiger partial charge is 0.399 e. The Balaban J connectivity index is 2.16. The second-order valence-electron chi connectivity index (χ2n) is 5.06. The van der Waals surface area contributed by atoms with Crippen LogP contribution < -0.4 is 5.73 Å². The third-order valence-corrected chi connectivity index (χ3v) is 3.37. The zero-order valence-corrected chi connectivity index (χ0v) is 10.9. The van der Waals surface area contributed by atoms with Crippen LogP contribution in [0.5, 0.6) is 0 Å². The van der Waals surface area contributed by atoms with E-state index >= 15 is 0 Å². The molecule has 0 aliphatic heterocycles. The van der Waals surface area contributed by atoms with Gasteiger partial charge in [-0.25, -0.2) is 0 Å². The maximum atomic E-state index is 5.73. The second kappa shape index (κ2) is 4.05. The van der Waals surface area contributed by atoms with Crippen LogP contribution in [-0.4, -0.2) is 19.8 Å². The van der Waals surface area contributed by atoms with Crippen LogP contribution in [0.3, 0.4) is 0 Å². The molecule has 0 radical (unpaired) electrons. The summed E-state index contributed by atoms with van der Waals surface area (Å²) in [5.41, 5.74) is 8.07. The molecule has 0 bridgehead atoms. The van der Waals surface area contributed by atoms with Crippen LogP contribution in [-0.2, 0) is 5.41 Å². The Morgan fingerprint density at radius 2 is 1.79 bits per heavy atom. The molecule has 0 spiro atoms. The van der Waals surface area contributed by atoms with Gasteiger partial charge in [0.15, 0.2) is 11.5 Å². The highest BCUT2D eigenvalue weighted by Crippen LogP contribution is 2.30. The minimum absolute atomic E-state index is 0.290. The maximum Gasteiger partial charge on any atom is 0.177 e. The van der Waals surface area contributed by atoms with E-state index in [2.05, 4.69) is 29.1 Å². The number of nitrogens with zero attached hydrogens (tertiary/aromatic N) is 4. The Morgan fingerprint density at radius 1 is 1.05 bits per heavy atom. The van der Waals surface area contributed by atoms with Gasteiger partial charge in [0.2, 0.25) is 0 Å². The molecule has 1 aromatic carbocycles. The van der Waals surface area contributed by atoms with Crippen molar-refractivity contribution in [3.05, 3.63) is 54.0 Å². The normalized spacial score (nSPS) is 11.9. The van der Waals surface area contributed by atoms with Gasteiger partial charge >= 0.3 is 0 Å². The third kappa shape index (κ3) is 1.83. The molecule has 0 unspecified atom stereocenters. The average molecular weight is 253 g/mol. The number of benzene rings is 1. The van der Waals surface area contributed by atoms with E-state index in [1.54, 1.807) is 10.7 Å². The predicted molar refractivity (Wildman–Crippen MR) is 73.8 cm³/mol.